The Labute approximate surface area is 235 Å². The van der Waals surface area contributed by atoms with Crippen LogP contribution >= 0.6 is 11.3 Å². The summed E-state index contributed by atoms with van der Waals surface area (Å²) in [5.74, 6) is 0. The summed E-state index contributed by atoms with van der Waals surface area (Å²) >= 11 is 1.77. The van der Waals surface area contributed by atoms with Crippen molar-refractivity contribution in [2.24, 2.45) is 0 Å². The van der Waals surface area contributed by atoms with Crippen LogP contribution in [0.15, 0.2) is 127 Å². The molecule has 0 aliphatic rings. The molecular formula is C36H21BN2S. The molecule has 6 aromatic carbocycles. The minimum Gasteiger partial charge on any atom is -0.309 e. The van der Waals surface area contributed by atoms with Crippen molar-refractivity contribution < 1.29 is 0 Å². The molecule has 0 aliphatic heterocycles. The number of fused-ring (bicyclic) bond motifs is 9. The maximum Gasteiger partial charge on any atom is 0.115 e. The van der Waals surface area contributed by atoms with Crippen LogP contribution in [0.4, 0.5) is 0 Å². The molecule has 2 radical (unpaired) electrons. The van der Waals surface area contributed by atoms with Gasteiger partial charge in [-0.1, -0.05) is 78.3 Å². The molecule has 2 nitrogen and oxygen atoms in total. The lowest BCUT2D eigenvalue weighted by Crippen LogP contribution is -2.05. The molecular weight excluding hydrogens is 503 g/mol. The van der Waals surface area contributed by atoms with Crippen molar-refractivity contribution in [2.45, 2.75) is 0 Å². The van der Waals surface area contributed by atoms with Crippen molar-refractivity contribution in [2.75, 3.05) is 0 Å². The van der Waals surface area contributed by atoms with E-state index in [1.165, 1.54) is 59.1 Å². The Hall–Kier alpha value is -4.80. The summed E-state index contributed by atoms with van der Waals surface area (Å²) in [5.41, 5.74) is 7.87. The summed E-state index contributed by atoms with van der Waals surface area (Å²) in [6.07, 6.45) is 0. The van der Waals surface area contributed by atoms with E-state index in [1.807, 2.05) is 0 Å². The van der Waals surface area contributed by atoms with Crippen LogP contribution in [-0.4, -0.2) is 17.0 Å². The Morgan fingerprint density at radius 3 is 1.40 bits per heavy atom. The van der Waals surface area contributed by atoms with Crippen LogP contribution in [0.2, 0.25) is 0 Å². The van der Waals surface area contributed by atoms with Gasteiger partial charge in [0.25, 0.3) is 0 Å². The molecule has 0 unspecified atom stereocenters. The summed E-state index contributed by atoms with van der Waals surface area (Å²) in [5, 5.41) is 7.46. The molecule has 0 bridgehead atoms. The molecule has 0 atom stereocenters. The third-order valence-electron chi connectivity index (χ3n) is 8.24. The zero-order valence-electron chi connectivity index (χ0n) is 21.5. The lowest BCUT2D eigenvalue weighted by Gasteiger charge is -2.11. The Balaban J connectivity index is 1.35. The first-order valence-electron chi connectivity index (χ1n) is 13.5. The Bertz CT molecular complexity index is 2350. The molecule has 4 heteroatoms. The first-order chi connectivity index (χ1) is 19.8. The SMILES string of the molecule is [B]c1cc(-n2c3ccccc3c3ccccc32)cc2c1sc1ccc(-n3c4ccccc4c4ccccc43)cc12. The van der Waals surface area contributed by atoms with Crippen molar-refractivity contribution in [3.8, 4) is 11.4 Å². The van der Waals surface area contributed by atoms with Gasteiger partial charge >= 0.3 is 0 Å². The van der Waals surface area contributed by atoms with Crippen LogP contribution in [0.25, 0.3) is 75.2 Å². The zero-order valence-corrected chi connectivity index (χ0v) is 22.3. The van der Waals surface area contributed by atoms with Gasteiger partial charge in [0, 0.05) is 53.1 Å². The predicted molar refractivity (Wildman–Crippen MR) is 173 cm³/mol. The first kappa shape index (κ1) is 22.1. The van der Waals surface area contributed by atoms with E-state index in [2.05, 4.69) is 137 Å². The molecule has 9 aromatic rings. The Kier molecular flexibility index (Phi) is 4.47. The van der Waals surface area contributed by atoms with Crippen LogP contribution in [0.1, 0.15) is 0 Å². The molecule has 0 amide bonds. The van der Waals surface area contributed by atoms with E-state index in [-0.39, 0.29) is 0 Å². The van der Waals surface area contributed by atoms with Crippen LogP contribution in [0.5, 0.6) is 0 Å². The van der Waals surface area contributed by atoms with Gasteiger partial charge in [0.15, 0.2) is 0 Å². The van der Waals surface area contributed by atoms with Gasteiger partial charge in [0.2, 0.25) is 0 Å². The lowest BCUT2D eigenvalue weighted by molar-refractivity contribution is 1.19. The highest BCUT2D eigenvalue weighted by atomic mass is 32.1. The van der Waals surface area contributed by atoms with Gasteiger partial charge in [-0.25, -0.2) is 0 Å². The molecule has 184 valence electrons. The Morgan fingerprint density at radius 2 is 0.875 bits per heavy atom. The lowest BCUT2D eigenvalue weighted by atomic mass is 9.93. The molecule has 3 heterocycles. The molecule has 0 aliphatic carbocycles. The quantitative estimate of drug-likeness (QED) is 0.200. The molecule has 0 N–H and O–H groups in total. The second-order valence-electron chi connectivity index (χ2n) is 10.4. The van der Waals surface area contributed by atoms with E-state index >= 15 is 0 Å². The van der Waals surface area contributed by atoms with Crippen molar-refractivity contribution >= 4 is 88.4 Å². The van der Waals surface area contributed by atoms with Gasteiger partial charge in [0.1, 0.15) is 7.85 Å². The number of hydrogen-bond donors (Lipinski definition) is 0. The highest BCUT2D eigenvalue weighted by molar-refractivity contribution is 7.26. The summed E-state index contributed by atoms with van der Waals surface area (Å²) in [4.78, 5) is 0. The Morgan fingerprint density at radius 1 is 0.425 bits per heavy atom. The van der Waals surface area contributed by atoms with Crippen molar-refractivity contribution in [3.05, 3.63) is 127 Å². The van der Waals surface area contributed by atoms with Gasteiger partial charge in [-0.2, -0.15) is 0 Å². The maximum absolute atomic E-state index is 6.79. The van der Waals surface area contributed by atoms with Crippen LogP contribution < -0.4 is 5.46 Å². The predicted octanol–water partition coefficient (Wildman–Crippen LogP) is 9.04. The maximum atomic E-state index is 6.79. The molecule has 40 heavy (non-hydrogen) atoms. The van der Waals surface area contributed by atoms with Crippen LogP contribution in [0, 0.1) is 0 Å². The highest BCUT2D eigenvalue weighted by Crippen LogP contribution is 2.39. The normalized spacial score (nSPS) is 12.1. The van der Waals surface area contributed by atoms with E-state index < -0.39 is 0 Å². The van der Waals surface area contributed by atoms with Crippen molar-refractivity contribution in [1.29, 1.82) is 0 Å². The van der Waals surface area contributed by atoms with E-state index in [9.17, 15) is 0 Å². The molecule has 0 saturated carbocycles. The highest BCUT2D eigenvalue weighted by Gasteiger charge is 2.16. The van der Waals surface area contributed by atoms with E-state index in [0.717, 1.165) is 21.5 Å². The second kappa shape index (κ2) is 8.11. The largest absolute Gasteiger partial charge is 0.309 e. The minimum absolute atomic E-state index is 0.814. The van der Waals surface area contributed by atoms with Crippen LogP contribution in [0.3, 0.4) is 0 Å². The fourth-order valence-electron chi connectivity index (χ4n) is 6.55. The monoisotopic (exact) mass is 524 g/mol. The number of thiophene rings is 1. The first-order valence-corrected chi connectivity index (χ1v) is 14.3. The van der Waals surface area contributed by atoms with E-state index in [1.54, 1.807) is 11.3 Å². The van der Waals surface area contributed by atoms with Crippen LogP contribution in [-0.2, 0) is 0 Å². The van der Waals surface area contributed by atoms with Gasteiger partial charge < -0.3 is 9.13 Å². The second-order valence-corrected chi connectivity index (χ2v) is 11.5. The molecule has 0 spiro atoms. The van der Waals surface area contributed by atoms with E-state index in [0.29, 0.717) is 0 Å². The number of nitrogens with zero attached hydrogens (tertiary/aromatic N) is 2. The fraction of sp³-hybridized carbons (Fsp3) is 0. The number of para-hydroxylation sites is 4. The molecule has 0 fully saturated rings. The molecule has 9 rings (SSSR count). The minimum atomic E-state index is 0.814. The third-order valence-corrected chi connectivity index (χ3v) is 9.48. The van der Waals surface area contributed by atoms with Gasteiger partial charge in [-0.3, -0.25) is 0 Å². The smallest absolute Gasteiger partial charge is 0.115 e. The number of benzene rings is 6. The van der Waals surface area contributed by atoms with Crippen molar-refractivity contribution in [3.63, 3.8) is 0 Å². The molecule has 3 aromatic heterocycles. The summed E-state index contributed by atoms with van der Waals surface area (Å²) in [6.45, 7) is 0. The average Bonchev–Trinajstić information content (AvgIpc) is 3.65. The summed E-state index contributed by atoms with van der Waals surface area (Å²) in [6, 6.07) is 45.8. The van der Waals surface area contributed by atoms with Crippen molar-refractivity contribution in [1.82, 2.24) is 9.13 Å². The number of aromatic nitrogens is 2. The number of hydrogen-bond acceptors (Lipinski definition) is 1. The standard InChI is InChI=1S/C36H21BN2S/c37-30-21-23(39-33-15-7-3-11-26(33)27-12-4-8-16-34(27)39)20-29-28-19-22(17-18-35(28)40-36(29)30)38-31-13-5-1-9-24(31)25-10-2-6-14-32(25)38/h1-21H. The summed E-state index contributed by atoms with van der Waals surface area (Å²) in [7, 11) is 6.79. The molecule has 0 saturated heterocycles. The fourth-order valence-corrected chi connectivity index (χ4v) is 7.64. The summed E-state index contributed by atoms with van der Waals surface area (Å²) < 4.78 is 7.11. The van der Waals surface area contributed by atoms with Gasteiger partial charge in [0.05, 0.1) is 22.1 Å². The average molecular weight is 524 g/mol. The topological polar surface area (TPSA) is 9.86 Å². The number of rotatable bonds is 2. The zero-order chi connectivity index (χ0) is 26.4. The van der Waals surface area contributed by atoms with Gasteiger partial charge in [-0.15, -0.1) is 11.3 Å². The van der Waals surface area contributed by atoms with Gasteiger partial charge in [-0.05, 0) is 54.6 Å². The van der Waals surface area contributed by atoms with E-state index in [4.69, 9.17) is 7.85 Å². The third kappa shape index (κ3) is 2.94.